The molecule has 0 fully saturated rings. The lowest BCUT2D eigenvalue weighted by atomic mass is 9.83. The van der Waals surface area contributed by atoms with E-state index in [4.69, 9.17) is 19.2 Å². The average Bonchev–Trinajstić information content (AvgIpc) is 2.72. The third-order valence-corrected chi connectivity index (χ3v) is 5.05. The Kier molecular flexibility index (Phi) is 9.29. The highest BCUT2D eigenvalue weighted by molar-refractivity contribution is 7.45. The van der Waals surface area contributed by atoms with E-state index in [9.17, 15) is 9.59 Å². The number of hydrogen-bond acceptors (Lipinski definition) is 4. The maximum atomic E-state index is 12.9. The number of phosphoric acid groups is 1. The molecule has 31 heavy (non-hydrogen) atoms. The van der Waals surface area contributed by atoms with E-state index >= 15 is 0 Å². The van der Waals surface area contributed by atoms with Crippen LogP contribution in [0.1, 0.15) is 76.9 Å². The summed E-state index contributed by atoms with van der Waals surface area (Å²) < 4.78 is 8.88. The second-order valence-electron chi connectivity index (χ2n) is 7.58. The van der Waals surface area contributed by atoms with Crippen molar-refractivity contribution in [1.29, 1.82) is 0 Å². The van der Waals surface area contributed by atoms with Gasteiger partial charge in [-0.1, -0.05) is 57.0 Å². The van der Waals surface area contributed by atoms with Crippen LogP contribution in [0.2, 0.25) is 0 Å². The predicted molar refractivity (Wildman–Crippen MR) is 119 cm³/mol. The fourth-order valence-electron chi connectivity index (χ4n) is 3.54. The molecule has 0 saturated heterocycles. The van der Waals surface area contributed by atoms with Crippen LogP contribution in [0.5, 0.6) is 0 Å². The molecule has 0 saturated carbocycles. The van der Waals surface area contributed by atoms with Crippen LogP contribution in [0.25, 0.3) is 0 Å². The van der Waals surface area contributed by atoms with Gasteiger partial charge < -0.3 is 14.7 Å². The molecule has 0 aromatic heterocycles. The first-order chi connectivity index (χ1) is 14.7. The van der Waals surface area contributed by atoms with Gasteiger partial charge in [0.05, 0.1) is 0 Å². The van der Waals surface area contributed by atoms with Crippen molar-refractivity contribution < 1.29 is 28.8 Å². The quantitative estimate of drug-likeness (QED) is 0.448. The van der Waals surface area contributed by atoms with Gasteiger partial charge in [-0.05, 0) is 43.6 Å². The zero-order valence-electron chi connectivity index (χ0n) is 18.0. The summed E-state index contributed by atoms with van der Waals surface area (Å²) in [5, 5.41) is 0. The molecule has 3 N–H and O–H groups in total. The summed E-state index contributed by atoms with van der Waals surface area (Å²) in [5.41, 5.74) is 3.24. The molecule has 0 unspecified atom stereocenters. The smallest absolute Gasteiger partial charge is 0.303 e. The molecule has 0 bridgehead atoms. The second-order valence-corrected chi connectivity index (χ2v) is 8.61. The first kappa shape index (κ1) is 25.1. The molecule has 2 aromatic carbocycles. The molecule has 0 spiro atoms. The summed E-state index contributed by atoms with van der Waals surface area (Å²) in [4.78, 5) is 49.6. The van der Waals surface area contributed by atoms with E-state index < -0.39 is 7.82 Å². The van der Waals surface area contributed by atoms with Gasteiger partial charge in [0.1, 0.15) is 0 Å². The van der Waals surface area contributed by atoms with Crippen molar-refractivity contribution in [2.75, 3.05) is 13.1 Å². The van der Waals surface area contributed by atoms with Crippen molar-refractivity contribution in [2.45, 2.75) is 46.1 Å². The second kappa shape index (κ2) is 11.5. The third-order valence-electron chi connectivity index (χ3n) is 5.05. The molecule has 0 heterocycles. The third kappa shape index (κ3) is 7.49. The lowest BCUT2D eigenvalue weighted by molar-refractivity contribution is 0.0979. The zero-order chi connectivity index (χ0) is 23.0. The van der Waals surface area contributed by atoms with E-state index in [1.165, 1.54) is 25.7 Å². The Bertz CT molecular complexity index is 952. The highest BCUT2D eigenvalue weighted by Crippen LogP contribution is 2.28. The van der Waals surface area contributed by atoms with E-state index in [1.54, 1.807) is 12.1 Å². The molecular weight excluding hydrogens is 417 g/mol. The molecule has 0 aliphatic heterocycles. The Morgan fingerprint density at radius 3 is 1.71 bits per heavy atom. The van der Waals surface area contributed by atoms with Gasteiger partial charge in [0.15, 0.2) is 11.6 Å². The number of unbranched alkanes of at least 4 members (excludes halogenated alkanes) is 2. The topological polar surface area (TPSA) is 115 Å². The fraction of sp³-hybridized carbons (Fsp3) is 0.391. The summed E-state index contributed by atoms with van der Waals surface area (Å²) in [6.45, 7) is 7.39. The van der Waals surface area contributed by atoms with Gasteiger partial charge in [-0.25, -0.2) is 4.57 Å². The Labute approximate surface area is 183 Å². The zero-order valence-corrected chi connectivity index (χ0v) is 18.8. The van der Waals surface area contributed by atoms with Crippen molar-refractivity contribution in [3.63, 3.8) is 0 Å². The van der Waals surface area contributed by atoms with Crippen LogP contribution in [0.3, 0.4) is 0 Å². The van der Waals surface area contributed by atoms with Gasteiger partial charge in [0.25, 0.3) is 0 Å². The molecule has 3 rings (SSSR count). The molecule has 0 radical (unpaired) electrons. The fourth-order valence-corrected chi connectivity index (χ4v) is 3.54. The van der Waals surface area contributed by atoms with Crippen LogP contribution >= 0.6 is 7.82 Å². The van der Waals surface area contributed by atoms with E-state index in [0.717, 1.165) is 25.2 Å². The maximum absolute atomic E-state index is 12.9. The lowest BCUT2D eigenvalue weighted by Gasteiger charge is -2.23. The number of benzene rings is 2. The largest absolute Gasteiger partial charge is 0.466 e. The van der Waals surface area contributed by atoms with Crippen molar-refractivity contribution in [3.8, 4) is 0 Å². The highest BCUT2D eigenvalue weighted by Gasteiger charge is 2.29. The Balaban J connectivity index is 0.000000614. The number of ketones is 2. The Morgan fingerprint density at radius 1 is 0.774 bits per heavy atom. The van der Waals surface area contributed by atoms with Gasteiger partial charge in [0.2, 0.25) is 0 Å². The van der Waals surface area contributed by atoms with Gasteiger partial charge in [0, 0.05) is 28.8 Å². The van der Waals surface area contributed by atoms with Crippen molar-refractivity contribution in [2.24, 2.45) is 0 Å². The molecule has 2 aromatic rings. The SMILES string of the molecule is CCCCN(CCCC)Cc1ccc2c(c1)C(=O)c1ccccc1C2=O.O=P(O)(O)O. The average molecular weight is 447 g/mol. The van der Waals surface area contributed by atoms with Crippen LogP contribution in [0, 0.1) is 0 Å². The minimum absolute atomic E-state index is 0.0364. The number of fused-ring (bicyclic) bond motifs is 2. The van der Waals surface area contributed by atoms with Gasteiger partial charge >= 0.3 is 7.82 Å². The number of carbonyl (C=O) groups excluding carboxylic acids is 2. The number of rotatable bonds is 8. The maximum Gasteiger partial charge on any atom is 0.466 e. The molecule has 0 amide bonds. The Hall–Kier alpha value is -2.15. The summed E-state index contributed by atoms with van der Waals surface area (Å²) >= 11 is 0. The lowest BCUT2D eigenvalue weighted by Crippen LogP contribution is -2.26. The number of nitrogens with zero attached hydrogens (tertiary/aromatic N) is 1. The summed E-state index contributed by atoms with van der Waals surface area (Å²) in [5.74, 6) is -0.0821. The number of carbonyl (C=O) groups is 2. The van der Waals surface area contributed by atoms with Crippen LogP contribution in [0.4, 0.5) is 0 Å². The van der Waals surface area contributed by atoms with E-state index in [0.29, 0.717) is 22.3 Å². The first-order valence-electron chi connectivity index (χ1n) is 10.5. The molecule has 7 nitrogen and oxygen atoms in total. The standard InChI is InChI=1S/C23H27NO2.H3O4P/c1-3-5-13-24(14-6-4-2)16-17-11-12-20-21(15-17)23(26)19-10-8-7-9-18(19)22(20)25;1-5(2,3)4/h7-12,15H,3-6,13-14,16H2,1-2H3;(H3,1,2,3,4). The monoisotopic (exact) mass is 447 g/mol. The first-order valence-corrected chi connectivity index (χ1v) is 12.0. The number of hydrogen-bond donors (Lipinski definition) is 3. The molecule has 8 heteroatoms. The normalized spacial score (nSPS) is 12.8. The summed E-state index contributed by atoms with van der Waals surface area (Å²) in [7, 11) is -4.64. The van der Waals surface area contributed by atoms with Crippen LogP contribution < -0.4 is 0 Å². The van der Waals surface area contributed by atoms with E-state index in [-0.39, 0.29) is 11.6 Å². The molecular formula is C23H30NO6P. The van der Waals surface area contributed by atoms with Crippen molar-refractivity contribution in [1.82, 2.24) is 4.90 Å². The van der Waals surface area contributed by atoms with E-state index in [1.807, 2.05) is 30.3 Å². The van der Waals surface area contributed by atoms with Crippen molar-refractivity contribution in [3.05, 3.63) is 70.3 Å². The molecule has 1 aliphatic rings. The van der Waals surface area contributed by atoms with Gasteiger partial charge in [-0.15, -0.1) is 0 Å². The van der Waals surface area contributed by atoms with Crippen LogP contribution in [-0.4, -0.2) is 44.2 Å². The van der Waals surface area contributed by atoms with Crippen LogP contribution in [0.15, 0.2) is 42.5 Å². The summed E-state index contributed by atoms with van der Waals surface area (Å²) in [6, 6.07) is 12.9. The van der Waals surface area contributed by atoms with Gasteiger partial charge in [-0.2, -0.15) is 0 Å². The Morgan fingerprint density at radius 2 is 1.23 bits per heavy atom. The predicted octanol–water partition coefficient (Wildman–Crippen LogP) is 3.94. The van der Waals surface area contributed by atoms with Gasteiger partial charge in [-0.3, -0.25) is 14.5 Å². The molecule has 168 valence electrons. The summed E-state index contributed by atoms with van der Waals surface area (Å²) in [6.07, 6.45) is 4.71. The molecule has 1 aliphatic carbocycles. The van der Waals surface area contributed by atoms with E-state index in [2.05, 4.69) is 18.7 Å². The van der Waals surface area contributed by atoms with Crippen molar-refractivity contribution >= 4 is 19.4 Å². The minimum Gasteiger partial charge on any atom is -0.303 e. The minimum atomic E-state index is -4.64. The molecule has 0 atom stereocenters. The van der Waals surface area contributed by atoms with Crippen LogP contribution in [-0.2, 0) is 11.1 Å². The highest BCUT2D eigenvalue weighted by atomic mass is 31.2.